The molecular formula is C21H29N3O4. The van der Waals surface area contributed by atoms with Crippen LogP contribution < -0.4 is 11.0 Å². The summed E-state index contributed by atoms with van der Waals surface area (Å²) in [6, 6.07) is 4.92. The predicted molar refractivity (Wildman–Crippen MR) is 106 cm³/mol. The smallest absolute Gasteiger partial charge is 0.329 e. The van der Waals surface area contributed by atoms with Gasteiger partial charge in [0.15, 0.2) is 0 Å². The van der Waals surface area contributed by atoms with E-state index >= 15 is 0 Å². The molecule has 2 aromatic rings. The van der Waals surface area contributed by atoms with Crippen LogP contribution in [0.1, 0.15) is 61.3 Å². The van der Waals surface area contributed by atoms with Gasteiger partial charge < -0.3 is 15.5 Å². The third-order valence-corrected chi connectivity index (χ3v) is 6.08. The van der Waals surface area contributed by atoms with Crippen LogP contribution >= 0.6 is 0 Å². The van der Waals surface area contributed by atoms with E-state index in [0.717, 1.165) is 49.6 Å². The zero-order valence-electron chi connectivity index (χ0n) is 16.1. The zero-order valence-corrected chi connectivity index (χ0v) is 16.1. The second kappa shape index (κ2) is 8.09. The Morgan fingerprint density at radius 2 is 1.79 bits per heavy atom. The maximum absolute atomic E-state index is 13.3. The summed E-state index contributed by atoms with van der Waals surface area (Å²) < 4.78 is 3.79. The van der Waals surface area contributed by atoms with Crippen molar-refractivity contribution in [2.45, 2.75) is 63.6 Å². The van der Waals surface area contributed by atoms with E-state index in [9.17, 15) is 19.8 Å². The molecule has 1 aromatic carbocycles. The number of carbonyl (C=O) groups excluding carboxylic acids is 1. The van der Waals surface area contributed by atoms with Crippen LogP contribution in [0.3, 0.4) is 0 Å². The van der Waals surface area contributed by atoms with Crippen molar-refractivity contribution >= 4 is 16.9 Å². The van der Waals surface area contributed by atoms with Gasteiger partial charge in [-0.25, -0.2) is 4.79 Å². The Balaban J connectivity index is 1.74. The summed E-state index contributed by atoms with van der Waals surface area (Å²) in [7, 11) is 0. The van der Waals surface area contributed by atoms with Gasteiger partial charge in [0, 0.05) is 18.2 Å². The number of nitrogens with one attached hydrogen (secondary N) is 1. The lowest BCUT2D eigenvalue weighted by Crippen LogP contribution is -2.40. The lowest BCUT2D eigenvalue weighted by atomic mass is 9.95. The third-order valence-electron chi connectivity index (χ3n) is 6.08. The number of amides is 1. The van der Waals surface area contributed by atoms with Crippen molar-refractivity contribution in [1.29, 1.82) is 0 Å². The average molecular weight is 387 g/mol. The van der Waals surface area contributed by atoms with E-state index < -0.39 is 6.04 Å². The molecule has 1 amide bonds. The normalized spacial score (nSPS) is 18.1. The number of rotatable bonds is 7. The van der Waals surface area contributed by atoms with E-state index in [1.165, 1.54) is 6.42 Å². The lowest BCUT2D eigenvalue weighted by Gasteiger charge is -2.23. The second-order valence-corrected chi connectivity index (χ2v) is 8.24. The van der Waals surface area contributed by atoms with Gasteiger partial charge in [0.1, 0.15) is 0 Å². The first kappa shape index (κ1) is 19.2. The summed E-state index contributed by atoms with van der Waals surface area (Å²) in [5.41, 5.74) is 2.18. The fourth-order valence-electron chi connectivity index (χ4n) is 4.27. The lowest BCUT2D eigenvalue weighted by molar-refractivity contribution is 0.0879. The first-order valence-electron chi connectivity index (χ1n) is 10.4. The number of aromatic nitrogens is 2. The quantitative estimate of drug-likeness (QED) is 0.675. The molecule has 28 heavy (non-hydrogen) atoms. The minimum atomic E-state index is -0.691. The van der Waals surface area contributed by atoms with Crippen molar-refractivity contribution < 1.29 is 15.0 Å². The second-order valence-electron chi connectivity index (χ2n) is 8.24. The van der Waals surface area contributed by atoms with Crippen LogP contribution in [0.4, 0.5) is 0 Å². The molecule has 0 unspecified atom stereocenters. The molecule has 0 atom stereocenters. The predicted octanol–water partition coefficient (Wildman–Crippen LogP) is 1.80. The van der Waals surface area contributed by atoms with Gasteiger partial charge in [-0.3, -0.25) is 13.9 Å². The van der Waals surface area contributed by atoms with Gasteiger partial charge in [-0.15, -0.1) is 0 Å². The Bertz CT molecular complexity index is 902. The highest BCUT2D eigenvalue weighted by atomic mass is 16.3. The number of carbonyl (C=O) groups is 1. The van der Waals surface area contributed by atoms with Crippen LogP contribution in [-0.4, -0.2) is 44.5 Å². The number of benzene rings is 1. The van der Waals surface area contributed by atoms with Crippen LogP contribution in [0.2, 0.25) is 0 Å². The Morgan fingerprint density at radius 1 is 1.07 bits per heavy atom. The monoisotopic (exact) mass is 387 g/mol. The zero-order chi connectivity index (χ0) is 19.7. The molecule has 0 saturated heterocycles. The molecule has 2 aliphatic carbocycles. The van der Waals surface area contributed by atoms with Crippen molar-refractivity contribution in [3.8, 4) is 0 Å². The standard InChI is InChI=1S/C21H29N3O4/c25-12-16(13-26)22-20(27)15-8-9-18-19(10-15)23(11-14-6-7-14)21(28)24(18)17-4-2-1-3-5-17/h8-10,14,16-17,25-26H,1-7,11-13H2,(H,22,27). The van der Waals surface area contributed by atoms with E-state index in [0.29, 0.717) is 18.0 Å². The molecule has 0 aliphatic heterocycles. The summed E-state index contributed by atoms with van der Waals surface area (Å²) in [4.78, 5) is 25.8. The molecule has 2 aliphatic rings. The third kappa shape index (κ3) is 3.73. The summed E-state index contributed by atoms with van der Waals surface area (Å²) in [6.45, 7) is 0.0554. The Labute approximate surface area is 164 Å². The Kier molecular flexibility index (Phi) is 5.55. The number of nitrogens with zero attached hydrogens (tertiary/aromatic N) is 2. The van der Waals surface area contributed by atoms with Crippen molar-refractivity contribution in [3.05, 3.63) is 34.2 Å². The minimum Gasteiger partial charge on any atom is -0.394 e. The summed E-state index contributed by atoms with van der Waals surface area (Å²) >= 11 is 0. The van der Waals surface area contributed by atoms with Gasteiger partial charge in [0.05, 0.1) is 30.3 Å². The first-order valence-corrected chi connectivity index (χ1v) is 10.4. The summed E-state index contributed by atoms with van der Waals surface area (Å²) in [5.74, 6) is 0.194. The van der Waals surface area contributed by atoms with E-state index in [-0.39, 0.29) is 30.9 Å². The maximum atomic E-state index is 13.3. The molecule has 0 radical (unpaired) electrons. The van der Waals surface area contributed by atoms with Gasteiger partial charge in [0.25, 0.3) is 5.91 Å². The van der Waals surface area contributed by atoms with Crippen LogP contribution in [0.15, 0.2) is 23.0 Å². The van der Waals surface area contributed by atoms with Gasteiger partial charge in [-0.1, -0.05) is 19.3 Å². The van der Waals surface area contributed by atoms with E-state index in [2.05, 4.69) is 5.32 Å². The molecule has 7 heteroatoms. The van der Waals surface area contributed by atoms with Crippen molar-refractivity contribution in [3.63, 3.8) is 0 Å². The van der Waals surface area contributed by atoms with Gasteiger partial charge in [-0.05, 0) is 49.8 Å². The SMILES string of the molecule is O=C(NC(CO)CO)c1ccc2c(c1)n(CC1CC1)c(=O)n2C1CCCCC1. The largest absolute Gasteiger partial charge is 0.394 e. The molecule has 152 valence electrons. The molecule has 2 saturated carbocycles. The highest BCUT2D eigenvalue weighted by Crippen LogP contribution is 2.33. The number of fused-ring (bicyclic) bond motifs is 1. The van der Waals surface area contributed by atoms with Crippen molar-refractivity contribution in [2.24, 2.45) is 5.92 Å². The number of hydrogen-bond acceptors (Lipinski definition) is 4. The molecule has 4 rings (SSSR count). The maximum Gasteiger partial charge on any atom is 0.329 e. The molecule has 0 bridgehead atoms. The highest BCUT2D eigenvalue weighted by molar-refractivity contribution is 5.97. The van der Waals surface area contributed by atoms with E-state index in [1.807, 2.05) is 15.2 Å². The fourth-order valence-corrected chi connectivity index (χ4v) is 4.27. The molecular weight excluding hydrogens is 358 g/mol. The molecule has 7 nitrogen and oxygen atoms in total. The number of aliphatic hydroxyl groups is 2. The van der Waals surface area contributed by atoms with Crippen molar-refractivity contribution in [2.75, 3.05) is 13.2 Å². The number of imidazole rings is 1. The Morgan fingerprint density at radius 3 is 2.43 bits per heavy atom. The van der Waals surface area contributed by atoms with Gasteiger partial charge in [-0.2, -0.15) is 0 Å². The van der Waals surface area contributed by atoms with Gasteiger partial charge >= 0.3 is 5.69 Å². The average Bonchev–Trinajstić information content (AvgIpc) is 3.51. The molecule has 1 aromatic heterocycles. The molecule has 1 heterocycles. The van der Waals surface area contributed by atoms with Crippen LogP contribution in [-0.2, 0) is 6.54 Å². The first-order chi connectivity index (χ1) is 13.6. The minimum absolute atomic E-state index is 0.0370. The number of hydrogen-bond donors (Lipinski definition) is 3. The summed E-state index contributed by atoms with van der Waals surface area (Å²) in [6.07, 6.45) is 7.88. The molecule has 2 fully saturated rings. The van der Waals surface area contributed by atoms with Crippen molar-refractivity contribution in [1.82, 2.24) is 14.5 Å². The Hall–Kier alpha value is -2.12. The van der Waals surface area contributed by atoms with E-state index in [4.69, 9.17) is 0 Å². The fraction of sp³-hybridized carbons (Fsp3) is 0.619. The van der Waals surface area contributed by atoms with Crippen LogP contribution in [0.25, 0.3) is 11.0 Å². The van der Waals surface area contributed by atoms with Gasteiger partial charge in [0.2, 0.25) is 0 Å². The van der Waals surface area contributed by atoms with Crippen LogP contribution in [0, 0.1) is 5.92 Å². The van der Waals surface area contributed by atoms with Crippen LogP contribution in [0.5, 0.6) is 0 Å². The summed E-state index contributed by atoms with van der Waals surface area (Å²) in [5, 5.41) is 21.0. The van der Waals surface area contributed by atoms with E-state index in [1.54, 1.807) is 12.1 Å². The topological polar surface area (TPSA) is 96.5 Å². The molecule has 0 spiro atoms. The number of aliphatic hydroxyl groups excluding tert-OH is 2. The molecule has 3 N–H and O–H groups in total. The highest BCUT2D eigenvalue weighted by Gasteiger charge is 2.27.